The maximum Gasteiger partial charge on any atom is 0.188 e. The molecule has 124 valence electrons. The van der Waals surface area contributed by atoms with Gasteiger partial charge in [-0.05, 0) is 38.6 Å². The standard InChI is InChI=1S/C16H28N4O2/c1-12(2)20(3)9-8-18-16(17)19-11-13-6-7-14(21-4)15(10-13)22-5/h6-7,10,12H,8-9,11H2,1-5H3,(H3,17,18,19). The molecule has 0 radical (unpaired) electrons. The van der Waals surface area contributed by atoms with Crippen LogP contribution in [0.2, 0.25) is 0 Å². The monoisotopic (exact) mass is 308 g/mol. The number of benzene rings is 1. The molecule has 0 amide bonds. The van der Waals surface area contributed by atoms with Crippen LogP contribution in [0.3, 0.4) is 0 Å². The van der Waals surface area contributed by atoms with Crippen LogP contribution < -0.4 is 20.5 Å². The third-order valence-corrected chi connectivity index (χ3v) is 3.53. The Labute approximate surface area is 133 Å². The first kappa shape index (κ1) is 18.1. The molecule has 0 atom stereocenters. The Morgan fingerprint density at radius 2 is 1.95 bits per heavy atom. The molecule has 1 rings (SSSR count). The zero-order valence-electron chi connectivity index (χ0n) is 14.2. The van der Waals surface area contributed by atoms with E-state index in [1.807, 2.05) is 18.2 Å². The summed E-state index contributed by atoms with van der Waals surface area (Å²) >= 11 is 0. The van der Waals surface area contributed by atoms with E-state index in [1.165, 1.54) is 0 Å². The van der Waals surface area contributed by atoms with Crippen molar-refractivity contribution in [1.29, 1.82) is 0 Å². The summed E-state index contributed by atoms with van der Waals surface area (Å²) in [7, 11) is 5.32. The van der Waals surface area contributed by atoms with Gasteiger partial charge in [0.15, 0.2) is 17.5 Å². The lowest BCUT2D eigenvalue weighted by Crippen LogP contribution is -2.39. The van der Waals surface area contributed by atoms with Gasteiger partial charge >= 0.3 is 0 Å². The third-order valence-electron chi connectivity index (χ3n) is 3.53. The Bertz CT molecular complexity index is 489. The molecule has 0 bridgehead atoms. The number of nitrogens with zero attached hydrogens (tertiary/aromatic N) is 2. The summed E-state index contributed by atoms with van der Waals surface area (Å²) in [6, 6.07) is 6.24. The molecular weight excluding hydrogens is 280 g/mol. The third kappa shape index (κ3) is 5.81. The van der Waals surface area contributed by atoms with Crippen molar-refractivity contribution < 1.29 is 9.47 Å². The van der Waals surface area contributed by atoms with Gasteiger partial charge in [0, 0.05) is 19.1 Å². The normalized spacial score (nSPS) is 11.9. The molecule has 0 aliphatic heterocycles. The minimum atomic E-state index is 0.451. The summed E-state index contributed by atoms with van der Waals surface area (Å²) in [4.78, 5) is 6.58. The van der Waals surface area contributed by atoms with Crippen molar-refractivity contribution >= 4 is 5.96 Å². The quantitative estimate of drug-likeness (QED) is 0.562. The fourth-order valence-electron chi connectivity index (χ4n) is 1.83. The maximum atomic E-state index is 5.87. The highest BCUT2D eigenvalue weighted by atomic mass is 16.5. The number of guanidine groups is 1. The van der Waals surface area contributed by atoms with Gasteiger partial charge < -0.3 is 25.4 Å². The predicted octanol–water partition coefficient (Wildman–Crippen LogP) is 1.45. The number of rotatable bonds is 8. The van der Waals surface area contributed by atoms with Crippen LogP contribution in [-0.4, -0.2) is 51.3 Å². The molecule has 0 saturated heterocycles. The van der Waals surface area contributed by atoms with E-state index in [2.05, 4.69) is 36.1 Å². The molecule has 22 heavy (non-hydrogen) atoms. The van der Waals surface area contributed by atoms with E-state index >= 15 is 0 Å². The van der Waals surface area contributed by atoms with Crippen LogP contribution in [0.5, 0.6) is 11.5 Å². The Morgan fingerprint density at radius 1 is 1.27 bits per heavy atom. The lowest BCUT2D eigenvalue weighted by atomic mass is 10.2. The number of hydrogen-bond donors (Lipinski definition) is 2. The SMILES string of the molecule is COc1ccc(CN=C(N)NCCN(C)C(C)C)cc1OC. The number of nitrogens with one attached hydrogen (secondary N) is 1. The van der Waals surface area contributed by atoms with E-state index in [0.29, 0.717) is 30.0 Å². The first-order chi connectivity index (χ1) is 10.5. The van der Waals surface area contributed by atoms with Gasteiger partial charge in [-0.3, -0.25) is 0 Å². The Morgan fingerprint density at radius 3 is 2.55 bits per heavy atom. The van der Waals surface area contributed by atoms with Gasteiger partial charge in [-0.1, -0.05) is 6.07 Å². The molecule has 0 fully saturated rings. The van der Waals surface area contributed by atoms with Crippen LogP contribution in [0, 0.1) is 0 Å². The predicted molar refractivity (Wildman–Crippen MR) is 90.6 cm³/mol. The summed E-state index contributed by atoms with van der Waals surface area (Å²) in [5, 5.41) is 3.12. The van der Waals surface area contributed by atoms with E-state index in [-0.39, 0.29) is 0 Å². The molecule has 6 heteroatoms. The van der Waals surface area contributed by atoms with Gasteiger partial charge in [0.05, 0.1) is 20.8 Å². The highest BCUT2D eigenvalue weighted by Crippen LogP contribution is 2.27. The number of methoxy groups -OCH3 is 2. The van der Waals surface area contributed by atoms with Gasteiger partial charge in [0.1, 0.15) is 0 Å². The number of nitrogens with two attached hydrogens (primary N) is 1. The van der Waals surface area contributed by atoms with Crippen LogP contribution >= 0.6 is 0 Å². The summed E-state index contributed by atoms with van der Waals surface area (Å²) in [5.41, 5.74) is 6.89. The van der Waals surface area contributed by atoms with E-state index in [4.69, 9.17) is 15.2 Å². The molecular formula is C16H28N4O2. The van der Waals surface area contributed by atoms with E-state index in [0.717, 1.165) is 18.7 Å². The van der Waals surface area contributed by atoms with Crippen molar-refractivity contribution in [1.82, 2.24) is 10.2 Å². The second-order valence-electron chi connectivity index (χ2n) is 5.39. The zero-order chi connectivity index (χ0) is 16.5. The maximum absolute atomic E-state index is 5.87. The number of ether oxygens (including phenoxy) is 2. The van der Waals surface area contributed by atoms with Crippen molar-refractivity contribution in [2.24, 2.45) is 10.7 Å². The lowest BCUT2D eigenvalue weighted by Gasteiger charge is -2.21. The van der Waals surface area contributed by atoms with Crippen molar-refractivity contribution in [3.8, 4) is 11.5 Å². The van der Waals surface area contributed by atoms with Crippen LogP contribution in [0.15, 0.2) is 23.2 Å². The summed E-state index contributed by atoms with van der Waals surface area (Å²) in [5.74, 6) is 1.85. The molecule has 0 aliphatic rings. The Hall–Kier alpha value is -1.95. The summed E-state index contributed by atoms with van der Waals surface area (Å²) in [6.07, 6.45) is 0. The van der Waals surface area contributed by atoms with Crippen molar-refractivity contribution in [3.05, 3.63) is 23.8 Å². The molecule has 0 aromatic heterocycles. The van der Waals surface area contributed by atoms with Gasteiger partial charge in [-0.15, -0.1) is 0 Å². The molecule has 1 aromatic carbocycles. The van der Waals surface area contributed by atoms with Crippen molar-refractivity contribution in [2.75, 3.05) is 34.4 Å². The first-order valence-corrected chi connectivity index (χ1v) is 7.42. The van der Waals surface area contributed by atoms with Crippen molar-refractivity contribution in [3.63, 3.8) is 0 Å². The topological polar surface area (TPSA) is 72.1 Å². The largest absolute Gasteiger partial charge is 0.493 e. The summed E-state index contributed by atoms with van der Waals surface area (Å²) < 4.78 is 10.5. The molecule has 0 aliphatic carbocycles. The Balaban J connectivity index is 2.49. The van der Waals surface area contributed by atoms with Crippen LogP contribution in [0.4, 0.5) is 0 Å². The van der Waals surface area contributed by atoms with E-state index in [1.54, 1.807) is 14.2 Å². The summed E-state index contributed by atoms with van der Waals surface area (Å²) in [6.45, 7) is 6.52. The molecule has 0 heterocycles. The molecule has 3 N–H and O–H groups in total. The molecule has 6 nitrogen and oxygen atoms in total. The van der Waals surface area contributed by atoms with E-state index in [9.17, 15) is 0 Å². The van der Waals surface area contributed by atoms with Gasteiger partial charge in [-0.25, -0.2) is 4.99 Å². The Kier molecular flexibility index (Phi) is 7.52. The number of hydrogen-bond acceptors (Lipinski definition) is 4. The van der Waals surface area contributed by atoms with Crippen molar-refractivity contribution in [2.45, 2.75) is 26.4 Å². The smallest absolute Gasteiger partial charge is 0.188 e. The first-order valence-electron chi connectivity index (χ1n) is 7.42. The average Bonchev–Trinajstić information content (AvgIpc) is 2.52. The molecule has 1 aromatic rings. The second-order valence-corrected chi connectivity index (χ2v) is 5.39. The molecule has 0 spiro atoms. The number of likely N-dealkylation sites (N-methyl/N-ethyl adjacent to an activating group) is 1. The van der Waals surface area contributed by atoms with Crippen LogP contribution in [0.25, 0.3) is 0 Å². The number of aliphatic imine (C=N–C) groups is 1. The fraction of sp³-hybridized carbons (Fsp3) is 0.562. The fourth-order valence-corrected chi connectivity index (χ4v) is 1.83. The molecule has 0 unspecified atom stereocenters. The highest BCUT2D eigenvalue weighted by molar-refractivity contribution is 5.77. The average molecular weight is 308 g/mol. The minimum absolute atomic E-state index is 0.451. The van der Waals surface area contributed by atoms with Crippen LogP contribution in [-0.2, 0) is 6.54 Å². The lowest BCUT2D eigenvalue weighted by molar-refractivity contribution is 0.278. The minimum Gasteiger partial charge on any atom is -0.493 e. The molecule has 0 saturated carbocycles. The van der Waals surface area contributed by atoms with Gasteiger partial charge in [0.25, 0.3) is 0 Å². The zero-order valence-corrected chi connectivity index (χ0v) is 14.2. The highest BCUT2D eigenvalue weighted by Gasteiger charge is 2.05. The van der Waals surface area contributed by atoms with Crippen LogP contribution in [0.1, 0.15) is 19.4 Å². The van der Waals surface area contributed by atoms with Gasteiger partial charge in [-0.2, -0.15) is 0 Å². The second kappa shape index (κ2) is 9.15. The van der Waals surface area contributed by atoms with E-state index < -0.39 is 0 Å². The van der Waals surface area contributed by atoms with Gasteiger partial charge in [0.2, 0.25) is 0 Å².